The van der Waals surface area contributed by atoms with Crippen molar-refractivity contribution in [1.29, 1.82) is 0 Å². The van der Waals surface area contributed by atoms with Gasteiger partial charge in [-0.25, -0.2) is 17.6 Å². The lowest BCUT2D eigenvalue weighted by Gasteiger charge is -2.13. The Balaban J connectivity index is 1.55. The minimum Gasteiger partial charge on any atom is -0.326 e. The summed E-state index contributed by atoms with van der Waals surface area (Å²) in [6.45, 7) is 0.986. The molecule has 1 fully saturated rings. The van der Waals surface area contributed by atoms with Crippen LogP contribution in [-0.4, -0.2) is 22.1 Å². The summed E-state index contributed by atoms with van der Waals surface area (Å²) >= 11 is 18.4. The molecule has 1 saturated carbocycles. The predicted octanol–water partition coefficient (Wildman–Crippen LogP) is 7.65. The average molecular weight is 657 g/mol. The summed E-state index contributed by atoms with van der Waals surface area (Å²) in [5, 5.41) is 6.11. The first-order chi connectivity index (χ1) is 19.4. The van der Waals surface area contributed by atoms with Crippen LogP contribution in [0.2, 0.25) is 5.02 Å². The number of carbonyl (C=O) groups is 3. The van der Waals surface area contributed by atoms with Gasteiger partial charge in [-0.1, -0.05) is 17.7 Å². The summed E-state index contributed by atoms with van der Waals surface area (Å²) in [5.41, 5.74) is -3.76. The van der Waals surface area contributed by atoms with Gasteiger partial charge in [0.05, 0.1) is 33.4 Å². The van der Waals surface area contributed by atoms with Crippen LogP contribution in [0.5, 0.6) is 0 Å². The van der Waals surface area contributed by atoms with Crippen molar-refractivity contribution in [2.45, 2.75) is 23.4 Å². The summed E-state index contributed by atoms with van der Waals surface area (Å²) in [4.78, 5) is 37.0. The molecule has 222 valence electrons. The van der Waals surface area contributed by atoms with Crippen LogP contribution in [0, 0.1) is 29.2 Å². The Morgan fingerprint density at radius 2 is 1.45 bits per heavy atom. The summed E-state index contributed by atoms with van der Waals surface area (Å²) in [6, 6.07) is 6.17. The van der Waals surface area contributed by atoms with E-state index in [0.29, 0.717) is 18.2 Å². The third-order valence-electron chi connectivity index (χ3n) is 6.18. The molecule has 4 rings (SSSR count). The van der Waals surface area contributed by atoms with Gasteiger partial charge in [-0.05, 0) is 42.0 Å². The van der Waals surface area contributed by atoms with E-state index in [1.807, 2.05) is 10.6 Å². The molecule has 1 aliphatic rings. The maximum atomic E-state index is 14.3. The quantitative estimate of drug-likeness (QED) is 0.145. The first-order valence-electron chi connectivity index (χ1n) is 11.5. The van der Waals surface area contributed by atoms with Gasteiger partial charge in [-0.15, -0.1) is 23.2 Å². The predicted molar refractivity (Wildman–Crippen MR) is 141 cm³/mol. The molecule has 0 radical (unpaired) electrons. The van der Waals surface area contributed by atoms with Crippen LogP contribution in [0.3, 0.4) is 0 Å². The van der Waals surface area contributed by atoms with E-state index in [9.17, 15) is 45.1 Å². The first-order valence-corrected chi connectivity index (χ1v) is 12.7. The summed E-state index contributed by atoms with van der Waals surface area (Å²) in [5.74, 6) is -12.2. The molecule has 6 nitrogen and oxygen atoms in total. The smallest absolute Gasteiger partial charge is 0.326 e. The second-order valence-electron chi connectivity index (χ2n) is 9.10. The number of halogens is 10. The molecule has 16 heteroatoms. The Morgan fingerprint density at radius 1 is 0.833 bits per heavy atom. The Kier molecular flexibility index (Phi) is 8.42. The number of amides is 3. The number of nitrogens with one attached hydrogen (secondary N) is 3. The Morgan fingerprint density at radius 3 is 2.05 bits per heavy atom. The third-order valence-corrected chi connectivity index (χ3v) is 7.45. The molecule has 2 atom stereocenters. The van der Waals surface area contributed by atoms with E-state index in [1.165, 1.54) is 6.07 Å². The van der Waals surface area contributed by atoms with Crippen LogP contribution in [0.1, 0.15) is 34.3 Å². The number of alkyl halides is 5. The van der Waals surface area contributed by atoms with Crippen molar-refractivity contribution < 1.29 is 45.1 Å². The Labute approximate surface area is 247 Å². The molecule has 3 N–H and O–H groups in total. The van der Waals surface area contributed by atoms with Crippen LogP contribution in [0.15, 0.2) is 42.5 Å². The van der Waals surface area contributed by atoms with E-state index >= 15 is 0 Å². The molecule has 3 aromatic carbocycles. The zero-order chi connectivity index (χ0) is 31.3. The van der Waals surface area contributed by atoms with Gasteiger partial charge in [0.15, 0.2) is 17.5 Å². The number of benzene rings is 3. The standard InChI is InChI=1S/C26H15Cl3F7N3O3/c1-9(40)37-16-8-17(21(32)22(33)20(16)31)39-23(41)12-7-11(3-4-14(12)27)38-24(42)19-18(25(19,28)29)10-2-5-15(30)13(6-10)26(34,35)36/h2-8,18-19H,1H3,(H,37,40)(H,38,42)(H,39,41)/t18-,19+/m0/s1. The lowest BCUT2D eigenvalue weighted by Crippen LogP contribution is -2.19. The highest BCUT2D eigenvalue weighted by Crippen LogP contribution is 2.65. The van der Waals surface area contributed by atoms with Crippen LogP contribution < -0.4 is 16.0 Å². The van der Waals surface area contributed by atoms with E-state index in [1.54, 1.807) is 0 Å². The minimum absolute atomic E-state index is 0.0795. The van der Waals surface area contributed by atoms with Crippen molar-refractivity contribution in [3.63, 3.8) is 0 Å². The zero-order valence-electron chi connectivity index (χ0n) is 20.7. The van der Waals surface area contributed by atoms with Crippen molar-refractivity contribution in [3.8, 4) is 0 Å². The molecule has 0 bridgehead atoms. The molecular formula is C26H15Cl3F7N3O3. The van der Waals surface area contributed by atoms with Gasteiger partial charge in [0.25, 0.3) is 5.91 Å². The topological polar surface area (TPSA) is 87.3 Å². The maximum Gasteiger partial charge on any atom is 0.419 e. The molecule has 3 aromatic rings. The van der Waals surface area contributed by atoms with Gasteiger partial charge in [0.1, 0.15) is 10.2 Å². The fourth-order valence-corrected chi connectivity index (χ4v) is 5.21. The van der Waals surface area contributed by atoms with Gasteiger partial charge in [-0.3, -0.25) is 14.4 Å². The van der Waals surface area contributed by atoms with Gasteiger partial charge in [-0.2, -0.15) is 13.2 Å². The molecule has 1 aliphatic carbocycles. The summed E-state index contributed by atoms with van der Waals surface area (Å²) < 4.78 is 93.6. The van der Waals surface area contributed by atoms with Crippen LogP contribution in [0.25, 0.3) is 0 Å². The fourth-order valence-electron chi connectivity index (χ4n) is 4.18. The molecule has 42 heavy (non-hydrogen) atoms. The average Bonchev–Trinajstić information content (AvgIpc) is 3.47. The van der Waals surface area contributed by atoms with E-state index in [4.69, 9.17) is 34.8 Å². The number of anilines is 3. The Hall–Kier alpha value is -3.55. The first kappa shape index (κ1) is 31.4. The second kappa shape index (κ2) is 11.3. The Bertz CT molecular complexity index is 1630. The van der Waals surface area contributed by atoms with Crippen molar-refractivity contribution in [2.24, 2.45) is 5.92 Å². The lowest BCUT2D eigenvalue weighted by molar-refractivity contribution is -0.140. The molecule has 3 amide bonds. The maximum absolute atomic E-state index is 14.3. The minimum atomic E-state index is -5.01. The van der Waals surface area contributed by atoms with Gasteiger partial charge >= 0.3 is 6.18 Å². The van der Waals surface area contributed by atoms with E-state index in [2.05, 4.69) is 5.32 Å². The third kappa shape index (κ3) is 6.13. The summed E-state index contributed by atoms with van der Waals surface area (Å²) in [7, 11) is 0. The molecule has 0 unspecified atom stereocenters. The normalized spacial score (nSPS) is 17.4. The largest absolute Gasteiger partial charge is 0.419 e. The number of hydrogen-bond acceptors (Lipinski definition) is 3. The molecular weight excluding hydrogens is 642 g/mol. The van der Waals surface area contributed by atoms with Gasteiger partial charge in [0.2, 0.25) is 11.8 Å². The molecule has 0 saturated heterocycles. The van der Waals surface area contributed by atoms with Gasteiger partial charge < -0.3 is 16.0 Å². The van der Waals surface area contributed by atoms with E-state index < -0.39 is 80.3 Å². The van der Waals surface area contributed by atoms with Crippen molar-refractivity contribution in [2.75, 3.05) is 16.0 Å². The number of carbonyl (C=O) groups excluding carboxylic acids is 3. The van der Waals surface area contributed by atoms with Crippen molar-refractivity contribution in [1.82, 2.24) is 0 Å². The molecule has 0 aromatic heterocycles. The second-order valence-corrected chi connectivity index (χ2v) is 11.0. The highest BCUT2D eigenvalue weighted by atomic mass is 35.5. The van der Waals surface area contributed by atoms with Crippen molar-refractivity contribution >= 4 is 69.6 Å². The lowest BCUT2D eigenvalue weighted by atomic mass is 10.0. The molecule has 0 spiro atoms. The van der Waals surface area contributed by atoms with E-state index in [0.717, 1.165) is 25.1 Å². The number of hydrogen-bond donors (Lipinski definition) is 3. The van der Waals surface area contributed by atoms with Crippen LogP contribution >= 0.6 is 34.8 Å². The summed E-state index contributed by atoms with van der Waals surface area (Å²) in [6.07, 6.45) is -5.01. The fraction of sp³-hybridized carbons (Fsp3) is 0.192. The molecule has 0 aliphatic heterocycles. The van der Waals surface area contributed by atoms with Crippen LogP contribution in [0.4, 0.5) is 47.8 Å². The van der Waals surface area contributed by atoms with Gasteiger partial charge in [0, 0.05) is 18.5 Å². The highest BCUT2D eigenvalue weighted by Gasteiger charge is 2.67. The van der Waals surface area contributed by atoms with Crippen LogP contribution in [-0.2, 0) is 15.8 Å². The molecule has 0 heterocycles. The highest BCUT2D eigenvalue weighted by molar-refractivity contribution is 6.53. The zero-order valence-corrected chi connectivity index (χ0v) is 23.0. The SMILES string of the molecule is CC(=O)Nc1cc(NC(=O)c2cc(NC(=O)[C@H]3[C@H](c4ccc(F)c(C(F)(F)F)c4)C3(Cl)Cl)ccc2Cl)c(F)c(F)c1F. The van der Waals surface area contributed by atoms with Crippen molar-refractivity contribution in [3.05, 3.63) is 87.4 Å². The number of rotatable bonds is 6. The van der Waals surface area contributed by atoms with E-state index in [-0.39, 0.29) is 21.8 Å². The monoisotopic (exact) mass is 655 g/mol.